The molecule has 0 aliphatic carbocycles. The SMILES string of the molecule is COc1ccccc1NC(=O)C[C@H]1SC(=Nc2cc(C)cc(C)c2)NC1=O. The van der Waals surface area contributed by atoms with Gasteiger partial charge in [-0.15, -0.1) is 0 Å². The van der Waals surface area contributed by atoms with Gasteiger partial charge in [-0.25, -0.2) is 4.99 Å². The Labute approximate surface area is 162 Å². The van der Waals surface area contributed by atoms with Crippen molar-refractivity contribution in [2.24, 2.45) is 4.99 Å². The largest absolute Gasteiger partial charge is 0.495 e. The van der Waals surface area contributed by atoms with Crippen molar-refractivity contribution in [1.29, 1.82) is 0 Å². The van der Waals surface area contributed by atoms with Gasteiger partial charge >= 0.3 is 0 Å². The number of thioether (sulfide) groups is 1. The first-order valence-corrected chi connectivity index (χ1v) is 9.40. The molecule has 2 amide bonds. The van der Waals surface area contributed by atoms with Gasteiger partial charge in [0.15, 0.2) is 5.17 Å². The number of methoxy groups -OCH3 is 1. The van der Waals surface area contributed by atoms with E-state index >= 15 is 0 Å². The number of hydrogen-bond donors (Lipinski definition) is 2. The molecule has 1 aliphatic rings. The second kappa shape index (κ2) is 8.26. The molecule has 7 heteroatoms. The van der Waals surface area contributed by atoms with Gasteiger partial charge in [-0.05, 0) is 49.2 Å². The predicted molar refractivity (Wildman–Crippen MR) is 109 cm³/mol. The number of nitrogens with zero attached hydrogens (tertiary/aromatic N) is 1. The van der Waals surface area contributed by atoms with Gasteiger partial charge in [-0.2, -0.15) is 0 Å². The normalized spacial score (nSPS) is 17.7. The Hall–Kier alpha value is -2.80. The van der Waals surface area contributed by atoms with Gasteiger partial charge in [0.2, 0.25) is 11.8 Å². The lowest BCUT2D eigenvalue weighted by Crippen LogP contribution is -2.28. The van der Waals surface area contributed by atoms with Crippen LogP contribution in [0.25, 0.3) is 0 Å². The maximum Gasteiger partial charge on any atom is 0.240 e. The average molecular weight is 383 g/mol. The Morgan fingerprint density at radius 1 is 1.22 bits per heavy atom. The van der Waals surface area contributed by atoms with Crippen LogP contribution in [0, 0.1) is 13.8 Å². The molecule has 140 valence electrons. The van der Waals surface area contributed by atoms with Crippen LogP contribution in [0.5, 0.6) is 5.75 Å². The van der Waals surface area contributed by atoms with Gasteiger partial charge in [0, 0.05) is 6.42 Å². The Morgan fingerprint density at radius 2 is 1.93 bits per heavy atom. The molecule has 2 aromatic rings. The quantitative estimate of drug-likeness (QED) is 0.827. The van der Waals surface area contributed by atoms with Crippen molar-refractivity contribution in [3.8, 4) is 5.75 Å². The highest BCUT2D eigenvalue weighted by Crippen LogP contribution is 2.28. The number of nitrogens with one attached hydrogen (secondary N) is 2. The van der Waals surface area contributed by atoms with Crippen LogP contribution in [-0.4, -0.2) is 29.3 Å². The first-order valence-electron chi connectivity index (χ1n) is 8.52. The van der Waals surface area contributed by atoms with Crippen molar-refractivity contribution in [1.82, 2.24) is 5.32 Å². The molecule has 6 nitrogen and oxygen atoms in total. The molecule has 0 saturated carbocycles. The highest BCUT2D eigenvalue weighted by atomic mass is 32.2. The molecular weight excluding hydrogens is 362 g/mol. The number of rotatable bonds is 5. The predicted octanol–water partition coefficient (Wildman–Crippen LogP) is 3.56. The van der Waals surface area contributed by atoms with Crippen LogP contribution in [-0.2, 0) is 9.59 Å². The number of carbonyl (C=O) groups excluding carboxylic acids is 2. The summed E-state index contributed by atoms with van der Waals surface area (Å²) in [5.41, 5.74) is 3.58. The standard InChI is InChI=1S/C20H21N3O3S/c1-12-8-13(2)10-14(9-12)21-20-23-19(25)17(27-20)11-18(24)22-15-6-4-5-7-16(15)26-3/h4-10,17H,11H2,1-3H3,(H,22,24)(H,21,23,25)/t17-/m1/s1. The van der Waals surface area contributed by atoms with Crippen molar-refractivity contribution < 1.29 is 14.3 Å². The summed E-state index contributed by atoms with van der Waals surface area (Å²) in [4.78, 5) is 29.0. The summed E-state index contributed by atoms with van der Waals surface area (Å²) in [6.07, 6.45) is 0.0560. The summed E-state index contributed by atoms with van der Waals surface area (Å²) in [5, 5.41) is 5.55. The van der Waals surface area contributed by atoms with E-state index in [-0.39, 0.29) is 18.2 Å². The average Bonchev–Trinajstić information content (AvgIpc) is 2.93. The second-order valence-electron chi connectivity index (χ2n) is 6.31. The summed E-state index contributed by atoms with van der Waals surface area (Å²) in [7, 11) is 1.54. The van der Waals surface area contributed by atoms with Gasteiger partial charge in [0.25, 0.3) is 0 Å². The van der Waals surface area contributed by atoms with Crippen molar-refractivity contribution in [3.05, 3.63) is 53.6 Å². The molecule has 1 fully saturated rings. The van der Waals surface area contributed by atoms with Crippen molar-refractivity contribution in [2.75, 3.05) is 12.4 Å². The molecule has 27 heavy (non-hydrogen) atoms. The van der Waals surface area contributed by atoms with E-state index in [1.807, 2.05) is 38.1 Å². The number of aryl methyl sites for hydroxylation is 2. The fourth-order valence-electron chi connectivity index (χ4n) is 2.84. The summed E-state index contributed by atoms with van der Waals surface area (Å²) < 4.78 is 5.22. The van der Waals surface area contributed by atoms with Crippen LogP contribution in [0.2, 0.25) is 0 Å². The lowest BCUT2D eigenvalue weighted by Gasteiger charge is -2.10. The fraction of sp³-hybridized carbons (Fsp3) is 0.250. The van der Waals surface area contributed by atoms with Crippen LogP contribution in [0.1, 0.15) is 17.5 Å². The van der Waals surface area contributed by atoms with E-state index in [4.69, 9.17) is 4.74 Å². The molecule has 1 saturated heterocycles. The monoisotopic (exact) mass is 383 g/mol. The van der Waals surface area contributed by atoms with E-state index < -0.39 is 5.25 Å². The smallest absolute Gasteiger partial charge is 0.240 e. The molecule has 0 radical (unpaired) electrons. The Kier molecular flexibility index (Phi) is 5.81. The van der Waals surface area contributed by atoms with E-state index in [0.717, 1.165) is 16.8 Å². The van der Waals surface area contributed by atoms with Crippen LogP contribution in [0.3, 0.4) is 0 Å². The van der Waals surface area contributed by atoms with Gasteiger partial charge < -0.3 is 15.4 Å². The minimum Gasteiger partial charge on any atom is -0.495 e. The second-order valence-corrected chi connectivity index (χ2v) is 7.50. The Morgan fingerprint density at radius 3 is 2.63 bits per heavy atom. The zero-order valence-corrected chi connectivity index (χ0v) is 16.2. The molecule has 2 aromatic carbocycles. The minimum absolute atomic E-state index is 0.0560. The van der Waals surface area contributed by atoms with Gasteiger partial charge in [-0.3, -0.25) is 9.59 Å². The van der Waals surface area contributed by atoms with E-state index in [0.29, 0.717) is 16.6 Å². The molecule has 0 spiro atoms. The third-order valence-corrected chi connectivity index (χ3v) is 5.05. The van der Waals surface area contributed by atoms with Crippen molar-refractivity contribution in [2.45, 2.75) is 25.5 Å². The van der Waals surface area contributed by atoms with Crippen LogP contribution < -0.4 is 15.4 Å². The lowest BCUT2D eigenvalue weighted by atomic mass is 10.1. The number of amides is 2. The molecular formula is C20H21N3O3S. The summed E-state index contributed by atoms with van der Waals surface area (Å²) in [6.45, 7) is 4.00. The van der Waals surface area contributed by atoms with E-state index in [2.05, 4.69) is 21.7 Å². The number of hydrogen-bond acceptors (Lipinski definition) is 5. The maximum atomic E-state index is 12.3. The first-order chi connectivity index (χ1) is 12.9. The molecule has 2 N–H and O–H groups in total. The molecule has 1 aliphatic heterocycles. The van der Waals surface area contributed by atoms with E-state index in [1.54, 1.807) is 19.2 Å². The van der Waals surface area contributed by atoms with E-state index in [9.17, 15) is 9.59 Å². The third kappa shape index (κ3) is 4.89. The molecule has 1 atom stereocenters. The summed E-state index contributed by atoms with van der Waals surface area (Å²) in [6, 6.07) is 13.1. The zero-order valence-electron chi connectivity index (χ0n) is 15.4. The molecule has 3 rings (SSSR count). The highest BCUT2D eigenvalue weighted by Gasteiger charge is 2.32. The van der Waals surface area contributed by atoms with Gasteiger partial charge in [-0.1, -0.05) is 30.0 Å². The highest BCUT2D eigenvalue weighted by molar-refractivity contribution is 8.15. The van der Waals surface area contributed by atoms with Crippen LogP contribution in [0.15, 0.2) is 47.5 Å². The first kappa shape index (κ1) is 19.0. The Bertz CT molecular complexity index is 891. The minimum atomic E-state index is -0.510. The topological polar surface area (TPSA) is 79.8 Å². The number of carbonyl (C=O) groups is 2. The number of benzene rings is 2. The molecule has 0 bridgehead atoms. The van der Waals surface area contributed by atoms with Gasteiger partial charge in [0.05, 0.1) is 18.5 Å². The summed E-state index contributed by atoms with van der Waals surface area (Å²) in [5.74, 6) is 0.115. The number of aliphatic imine (C=N–C) groups is 1. The lowest BCUT2D eigenvalue weighted by molar-refractivity contribution is -0.122. The number of ether oxygens (including phenoxy) is 1. The van der Waals surface area contributed by atoms with Gasteiger partial charge in [0.1, 0.15) is 11.0 Å². The fourth-order valence-corrected chi connectivity index (χ4v) is 3.83. The van der Waals surface area contributed by atoms with E-state index in [1.165, 1.54) is 11.8 Å². The Balaban J connectivity index is 1.65. The molecule has 0 unspecified atom stereocenters. The van der Waals surface area contributed by atoms with Crippen molar-refractivity contribution >= 4 is 40.1 Å². The molecule has 1 heterocycles. The number of anilines is 1. The zero-order chi connectivity index (χ0) is 19.4. The maximum absolute atomic E-state index is 12.3. The summed E-state index contributed by atoms with van der Waals surface area (Å²) >= 11 is 1.27. The number of para-hydroxylation sites is 2. The molecule has 0 aromatic heterocycles. The third-order valence-electron chi connectivity index (χ3n) is 3.97. The number of amidine groups is 1. The van der Waals surface area contributed by atoms with Crippen LogP contribution in [0.4, 0.5) is 11.4 Å². The van der Waals surface area contributed by atoms with Crippen molar-refractivity contribution in [3.63, 3.8) is 0 Å². The van der Waals surface area contributed by atoms with Crippen LogP contribution >= 0.6 is 11.8 Å².